The summed E-state index contributed by atoms with van der Waals surface area (Å²) in [7, 11) is 1.04. The molecular formula is C20H21ClF4N2O5. The molecule has 0 aliphatic carbocycles. The SMILES string of the molecule is COC(=O)C1=C(CF)NC(COCCN)=C(C(=O)OCC(F)(F)F)C1c1ccccc1Cl. The predicted molar refractivity (Wildman–Crippen MR) is 106 cm³/mol. The summed E-state index contributed by atoms with van der Waals surface area (Å²) in [6.45, 7) is -3.21. The Morgan fingerprint density at radius 2 is 1.81 bits per heavy atom. The lowest BCUT2D eigenvalue weighted by Crippen LogP contribution is -2.37. The first kappa shape index (κ1) is 25.6. The highest BCUT2D eigenvalue weighted by Crippen LogP contribution is 2.42. The van der Waals surface area contributed by atoms with Gasteiger partial charge >= 0.3 is 18.1 Å². The molecule has 0 amide bonds. The number of carbonyl (C=O) groups excluding carboxylic acids is 2. The van der Waals surface area contributed by atoms with Crippen molar-refractivity contribution in [3.05, 3.63) is 57.4 Å². The molecule has 3 N–H and O–H groups in total. The number of ether oxygens (including phenoxy) is 3. The smallest absolute Gasteiger partial charge is 0.422 e. The predicted octanol–water partition coefficient (Wildman–Crippen LogP) is 2.76. The number of halogens is 5. The molecular weight excluding hydrogens is 460 g/mol. The van der Waals surface area contributed by atoms with Gasteiger partial charge in [-0.25, -0.2) is 14.0 Å². The minimum Gasteiger partial charge on any atom is -0.466 e. The van der Waals surface area contributed by atoms with Crippen LogP contribution >= 0.6 is 11.6 Å². The minimum absolute atomic E-state index is 0.0470. The van der Waals surface area contributed by atoms with E-state index in [1.807, 2.05) is 0 Å². The monoisotopic (exact) mass is 480 g/mol. The zero-order valence-corrected chi connectivity index (χ0v) is 17.7. The first-order valence-electron chi connectivity index (χ1n) is 9.28. The summed E-state index contributed by atoms with van der Waals surface area (Å²) < 4.78 is 66.5. The second-order valence-electron chi connectivity index (χ2n) is 6.52. The fourth-order valence-corrected chi connectivity index (χ4v) is 3.37. The van der Waals surface area contributed by atoms with Gasteiger partial charge in [-0.2, -0.15) is 13.2 Å². The Kier molecular flexibility index (Phi) is 9.05. The highest BCUT2D eigenvalue weighted by atomic mass is 35.5. The Bertz CT molecular complexity index is 917. The van der Waals surface area contributed by atoms with E-state index < -0.39 is 42.9 Å². The third-order valence-corrected chi connectivity index (χ3v) is 4.72. The number of hydrogen-bond donors (Lipinski definition) is 2. The van der Waals surface area contributed by atoms with Crippen LogP contribution in [0, 0.1) is 0 Å². The van der Waals surface area contributed by atoms with E-state index in [4.69, 9.17) is 26.8 Å². The topological polar surface area (TPSA) is 99.9 Å². The van der Waals surface area contributed by atoms with Crippen LogP contribution in [0.1, 0.15) is 11.5 Å². The lowest BCUT2D eigenvalue weighted by atomic mass is 9.80. The normalized spacial score (nSPS) is 16.7. The van der Waals surface area contributed by atoms with Gasteiger partial charge < -0.3 is 25.3 Å². The number of nitrogens with two attached hydrogens (primary N) is 1. The highest BCUT2D eigenvalue weighted by Gasteiger charge is 2.41. The Morgan fingerprint density at radius 1 is 1.16 bits per heavy atom. The average molecular weight is 481 g/mol. The highest BCUT2D eigenvalue weighted by molar-refractivity contribution is 6.31. The molecule has 0 saturated carbocycles. The minimum atomic E-state index is -4.79. The van der Waals surface area contributed by atoms with Crippen LogP contribution in [0.15, 0.2) is 46.8 Å². The maximum Gasteiger partial charge on any atom is 0.422 e. The van der Waals surface area contributed by atoms with E-state index in [0.29, 0.717) is 0 Å². The number of methoxy groups -OCH3 is 1. The number of benzene rings is 1. The zero-order chi connectivity index (χ0) is 23.9. The first-order chi connectivity index (χ1) is 15.1. The molecule has 1 heterocycles. The molecule has 2 rings (SSSR count). The zero-order valence-electron chi connectivity index (χ0n) is 16.9. The van der Waals surface area contributed by atoms with E-state index in [1.54, 1.807) is 6.07 Å². The standard InChI is InChI=1S/C20H21ClF4N2O5/c1-30-18(28)16-13(8-22)27-14(9-31-7-6-26)17(19(29)32-10-20(23,24)25)15(16)11-4-2-3-5-12(11)21/h2-5,15,27H,6-10,26H2,1H3. The Morgan fingerprint density at radius 3 is 2.38 bits per heavy atom. The van der Waals surface area contributed by atoms with Crippen molar-refractivity contribution < 1.29 is 41.4 Å². The van der Waals surface area contributed by atoms with Crippen LogP contribution in [0.3, 0.4) is 0 Å². The van der Waals surface area contributed by atoms with Crippen LogP contribution in [0.2, 0.25) is 5.02 Å². The van der Waals surface area contributed by atoms with E-state index in [0.717, 1.165) is 7.11 Å². The van der Waals surface area contributed by atoms with Crippen molar-refractivity contribution in [3.63, 3.8) is 0 Å². The van der Waals surface area contributed by atoms with Gasteiger partial charge in [-0.3, -0.25) is 0 Å². The van der Waals surface area contributed by atoms with Gasteiger partial charge in [0.1, 0.15) is 6.67 Å². The van der Waals surface area contributed by atoms with Gasteiger partial charge in [0, 0.05) is 11.6 Å². The third-order valence-electron chi connectivity index (χ3n) is 4.38. The van der Waals surface area contributed by atoms with Gasteiger partial charge in [0.05, 0.1) is 48.8 Å². The number of alkyl halides is 4. The summed E-state index contributed by atoms with van der Waals surface area (Å²) in [4.78, 5) is 25.4. The molecule has 0 aromatic heterocycles. The van der Waals surface area contributed by atoms with Gasteiger partial charge in [0.25, 0.3) is 0 Å². The van der Waals surface area contributed by atoms with E-state index in [1.165, 1.54) is 18.2 Å². The molecule has 0 bridgehead atoms. The van der Waals surface area contributed by atoms with Crippen molar-refractivity contribution >= 4 is 23.5 Å². The lowest BCUT2D eigenvalue weighted by Gasteiger charge is -2.32. The van der Waals surface area contributed by atoms with Crippen LogP contribution in [0.25, 0.3) is 0 Å². The molecule has 12 heteroatoms. The maximum absolute atomic E-state index is 13.9. The lowest BCUT2D eigenvalue weighted by molar-refractivity contribution is -0.183. The van der Waals surface area contributed by atoms with E-state index >= 15 is 0 Å². The van der Waals surface area contributed by atoms with Gasteiger partial charge in [0.2, 0.25) is 0 Å². The van der Waals surface area contributed by atoms with Crippen molar-refractivity contribution in [1.82, 2.24) is 5.32 Å². The van der Waals surface area contributed by atoms with Gasteiger partial charge in [-0.1, -0.05) is 29.8 Å². The number of dihydropyridines is 1. The number of carbonyl (C=O) groups is 2. The molecule has 1 unspecified atom stereocenters. The van der Waals surface area contributed by atoms with E-state index in [2.05, 4.69) is 10.1 Å². The summed E-state index contributed by atoms with van der Waals surface area (Å²) in [6, 6.07) is 6.01. The molecule has 32 heavy (non-hydrogen) atoms. The number of rotatable bonds is 9. The van der Waals surface area contributed by atoms with Crippen molar-refractivity contribution in [1.29, 1.82) is 0 Å². The fourth-order valence-electron chi connectivity index (χ4n) is 3.12. The molecule has 1 aromatic rings. The third kappa shape index (κ3) is 6.21. The molecule has 176 valence electrons. The quantitative estimate of drug-likeness (QED) is 0.318. The molecule has 1 aromatic carbocycles. The Hall–Kier alpha value is -2.63. The number of nitrogens with one attached hydrogen (secondary N) is 1. The second kappa shape index (κ2) is 11.3. The van der Waals surface area contributed by atoms with Crippen LogP contribution in [-0.4, -0.2) is 58.3 Å². The number of allylic oxidation sites excluding steroid dienone is 1. The maximum atomic E-state index is 13.9. The number of esters is 2. The van der Waals surface area contributed by atoms with Crippen molar-refractivity contribution in [2.75, 3.05) is 40.1 Å². The van der Waals surface area contributed by atoms with Crippen molar-refractivity contribution in [2.24, 2.45) is 5.73 Å². The number of hydrogen-bond acceptors (Lipinski definition) is 7. The average Bonchev–Trinajstić information content (AvgIpc) is 2.76. The fraction of sp³-hybridized carbons (Fsp3) is 0.400. The summed E-state index contributed by atoms with van der Waals surface area (Å²) in [5.74, 6) is -3.76. The molecule has 7 nitrogen and oxygen atoms in total. The van der Waals surface area contributed by atoms with Crippen LogP contribution in [0.4, 0.5) is 17.6 Å². The molecule has 0 spiro atoms. The summed E-state index contributed by atoms with van der Waals surface area (Å²) in [5.41, 5.74) is 4.49. The largest absolute Gasteiger partial charge is 0.466 e. The molecule has 0 saturated heterocycles. The van der Waals surface area contributed by atoms with Crippen molar-refractivity contribution in [3.8, 4) is 0 Å². The molecule has 1 aliphatic rings. The first-order valence-corrected chi connectivity index (χ1v) is 9.65. The molecule has 1 atom stereocenters. The molecule has 0 radical (unpaired) electrons. The van der Waals surface area contributed by atoms with Crippen LogP contribution in [0.5, 0.6) is 0 Å². The van der Waals surface area contributed by atoms with Gasteiger partial charge in [0.15, 0.2) is 6.61 Å². The van der Waals surface area contributed by atoms with Crippen LogP contribution < -0.4 is 11.1 Å². The van der Waals surface area contributed by atoms with Gasteiger partial charge in [-0.05, 0) is 11.6 Å². The van der Waals surface area contributed by atoms with Crippen molar-refractivity contribution in [2.45, 2.75) is 12.1 Å². The molecule has 0 fully saturated rings. The Labute approximate surface area is 186 Å². The molecule has 1 aliphatic heterocycles. The van der Waals surface area contributed by atoms with Gasteiger partial charge in [-0.15, -0.1) is 0 Å². The second-order valence-corrected chi connectivity index (χ2v) is 6.93. The van der Waals surface area contributed by atoms with E-state index in [-0.39, 0.29) is 47.3 Å². The summed E-state index contributed by atoms with van der Waals surface area (Å²) in [5, 5.41) is 2.65. The van der Waals surface area contributed by atoms with Crippen LogP contribution in [-0.2, 0) is 23.8 Å². The van der Waals surface area contributed by atoms with E-state index in [9.17, 15) is 27.2 Å². The Balaban J connectivity index is 2.69. The summed E-state index contributed by atoms with van der Waals surface area (Å²) in [6.07, 6.45) is -4.79. The summed E-state index contributed by atoms with van der Waals surface area (Å²) >= 11 is 6.26.